The average Bonchev–Trinajstić information content (AvgIpc) is 2.78. The second-order valence-corrected chi connectivity index (χ2v) is 9.60. The third-order valence-electron chi connectivity index (χ3n) is 5.40. The summed E-state index contributed by atoms with van der Waals surface area (Å²) in [5, 5.41) is 2.47. The molecule has 1 fully saturated rings. The Bertz CT molecular complexity index is 1130. The normalized spacial score (nSPS) is 18.8. The second-order valence-electron chi connectivity index (χ2n) is 7.71. The molecule has 0 radical (unpaired) electrons. The minimum absolute atomic E-state index is 0.108. The van der Waals surface area contributed by atoms with Crippen molar-refractivity contribution >= 4 is 33.4 Å². The number of carbonyl (C=O) groups excluding carboxylic acids is 3. The summed E-state index contributed by atoms with van der Waals surface area (Å²) in [6.45, 7) is 2.38. The molecule has 10 nitrogen and oxygen atoms in total. The zero-order chi connectivity index (χ0) is 23.5. The summed E-state index contributed by atoms with van der Waals surface area (Å²) in [6, 6.07) is 7.24. The largest absolute Gasteiger partial charge is 0.366 e. The molecule has 2 aromatic rings. The number of carbonyl (C=O) groups is 3. The van der Waals surface area contributed by atoms with Gasteiger partial charge in [0.05, 0.1) is 28.4 Å². The predicted octanol–water partition coefficient (Wildman–Crippen LogP) is 1.03. The predicted molar refractivity (Wildman–Crippen MR) is 117 cm³/mol. The molecule has 1 aromatic carbocycles. The molecule has 1 unspecified atom stereocenters. The Kier molecular flexibility index (Phi) is 6.90. The molecule has 2 atom stereocenters. The highest BCUT2D eigenvalue weighted by molar-refractivity contribution is 7.89. The third-order valence-corrected chi connectivity index (χ3v) is 6.83. The van der Waals surface area contributed by atoms with Gasteiger partial charge in [-0.2, -0.15) is 0 Å². The number of hydrogen-bond donors (Lipinski definition) is 3. The van der Waals surface area contributed by atoms with E-state index in [0.717, 1.165) is 12.0 Å². The lowest BCUT2D eigenvalue weighted by Crippen LogP contribution is -2.46. The molecule has 3 amide bonds. The first-order valence-electron chi connectivity index (χ1n) is 10.0. The van der Waals surface area contributed by atoms with Gasteiger partial charge in [0.15, 0.2) is 0 Å². The summed E-state index contributed by atoms with van der Waals surface area (Å²) in [5.74, 6) is -2.08. The van der Waals surface area contributed by atoms with Gasteiger partial charge in [0.25, 0.3) is 0 Å². The van der Waals surface area contributed by atoms with Gasteiger partial charge in [-0.1, -0.05) is 19.1 Å². The van der Waals surface area contributed by atoms with Crippen molar-refractivity contribution < 1.29 is 22.8 Å². The first kappa shape index (κ1) is 23.4. The van der Waals surface area contributed by atoms with E-state index in [4.69, 9.17) is 5.73 Å². The van der Waals surface area contributed by atoms with Crippen molar-refractivity contribution in [3.8, 4) is 0 Å². The van der Waals surface area contributed by atoms with E-state index in [1.165, 1.54) is 42.5 Å². The van der Waals surface area contributed by atoms with E-state index in [1.54, 1.807) is 12.1 Å². The number of primary amides is 1. The van der Waals surface area contributed by atoms with Crippen LogP contribution in [0.4, 0.5) is 5.69 Å². The minimum atomic E-state index is -3.58. The van der Waals surface area contributed by atoms with Crippen LogP contribution in [0, 0.1) is 5.92 Å². The lowest BCUT2D eigenvalue weighted by atomic mass is 9.90. The van der Waals surface area contributed by atoms with Crippen LogP contribution in [0.15, 0.2) is 47.6 Å². The number of benzene rings is 1. The quantitative estimate of drug-likeness (QED) is 0.568. The summed E-state index contributed by atoms with van der Waals surface area (Å²) >= 11 is 0. The first-order valence-corrected chi connectivity index (χ1v) is 11.5. The number of pyridine rings is 1. The molecule has 32 heavy (non-hydrogen) atoms. The number of sulfonamides is 1. The monoisotopic (exact) mass is 459 g/mol. The van der Waals surface area contributed by atoms with Crippen LogP contribution in [0.5, 0.6) is 0 Å². The zero-order valence-corrected chi connectivity index (χ0v) is 18.6. The molecule has 1 aromatic heterocycles. The third kappa shape index (κ3) is 5.11. The molecule has 0 saturated carbocycles. The van der Waals surface area contributed by atoms with Crippen LogP contribution >= 0.6 is 0 Å². The number of nitrogens with two attached hydrogens (primary N) is 1. The van der Waals surface area contributed by atoms with E-state index in [2.05, 4.69) is 15.0 Å². The Morgan fingerprint density at radius 1 is 1.12 bits per heavy atom. The molecule has 2 heterocycles. The number of anilines is 1. The fraction of sp³-hybridized carbons (Fsp3) is 0.333. The SMILES string of the molecule is CNS(=O)(=O)c1ccc(C2CC[C@H](C)CN2C(=O)C(=O)Nc2cncc(C(N)=O)c2)cc1. The van der Waals surface area contributed by atoms with Crippen LogP contribution in [-0.2, 0) is 19.6 Å². The number of aromatic nitrogens is 1. The number of hydrogen-bond acceptors (Lipinski definition) is 6. The van der Waals surface area contributed by atoms with Crippen LogP contribution < -0.4 is 15.8 Å². The van der Waals surface area contributed by atoms with Crippen LogP contribution in [0.2, 0.25) is 0 Å². The van der Waals surface area contributed by atoms with Gasteiger partial charge < -0.3 is 16.0 Å². The molecule has 0 bridgehead atoms. The molecule has 1 saturated heterocycles. The fourth-order valence-electron chi connectivity index (χ4n) is 3.67. The summed E-state index contributed by atoms with van der Waals surface area (Å²) in [7, 11) is -2.24. The summed E-state index contributed by atoms with van der Waals surface area (Å²) < 4.78 is 26.2. The minimum Gasteiger partial charge on any atom is -0.366 e. The molecule has 11 heteroatoms. The van der Waals surface area contributed by atoms with Crippen molar-refractivity contribution in [2.24, 2.45) is 11.7 Å². The number of rotatable bonds is 5. The van der Waals surface area contributed by atoms with Gasteiger partial charge in [-0.25, -0.2) is 13.1 Å². The molecular weight excluding hydrogens is 434 g/mol. The molecule has 4 N–H and O–H groups in total. The zero-order valence-electron chi connectivity index (χ0n) is 17.7. The van der Waals surface area contributed by atoms with Crippen LogP contribution in [0.1, 0.15) is 41.7 Å². The van der Waals surface area contributed by atoms with E-state index < -0.39 is 27.7 Å². The smallest absolute Gasteiger partial charge is 0.313 e. The van der Waals surface area contributed by atoms with E-state index in [0.29, 0.717) is 13.0 Å². The van der Waals surface area contributed by atoms with Crippen molar-refractivity contribution in [1.82, 2.24) is 14.6 Å². The number of nitrogens with zero attached hydrogens (tertiary/aromatic N) is 2. The standard InChI is InChI=1S/C21H25N5O5S/c1-13-3-8-18(14-4-6-17(7-5-14)32(30,31)23-2)26(12-13)21(29)20(28)25-16-9-15(19(22)27)10-24-11-16/h4-7,9-11,13,18,23H,3,8,12H2,1-2H3,(H2,22,27)(H,25,28)/t13-,18?/m0/s1. The highest BCUT2D eigenvalue weighted by Crippen LogP contribution is 2.34. The molecular formula is C21H25N5O5S. The number of likely N-dealkylation sites (tertiary alicyclic amines) is 1. The van der Waals surface area contributed by atoms with Crippen molar-refractivity contribution in [3.05, 3.63) is 53.9 Å². The van der Waals surface area contributed by atoms with Gasteiger partial charge in [0.1, 0.15) is 0 Å². The summed E-state index contributed by atoms with van der Waals surface area (Å²) in [6.07, 6.45) is 4.07. The van der Waals surface area contributed by atoms with E-state index in [1.807, 2.05) is 6.92 Å². The van der Waals surface area contributed by atoms with Crippen molar-refractivity contribution in [3.63, 3.8) is 0 Å². The van der Waals surface area contributed by atoms with Crippen LogP contribution in [0.25, 0.3) is 0 Å². The topological polar surface area (TPSA) is 152 Å². The number of nitrogens with one attached hydrogen (secondary N) is 2. The van der Waals surface area contributed by atoms with Crippen molar-refractivity contribution in [1.29, 1.82) is 0 Å². The van der Waals surface area contributed by atoms with Gasteiger partial charge in [0, 0.05) is 12.7 Å². The lowest BCUT2D eigenvalue weighted by Gasteiger charge is -2.38. The Morgan fingerprint density at radius 2 is 1.81 bits per heavy atom. The Balaban J connectivity index is 1.81. The van der Waals surface area contributed by atoms with Crippen LogP contribution in [-0.4, -0.2) is 49.6 Å². The van der Waals surface area contributed by atoms with Gasteiger partial charge >= 0.3 is 11.8 Å². The molecule has 170 valence electrons. The highest BCUT2D eigenvalue weighted by Gasteiger charge is 2.34. The first-order chi connectivity index (χ1) is 15.1. The van der Waals surface area contributed by atoms with E-state index >= 15 is 0 Å². The van der Waals surface area contributed by atoms with E-state index in [9.17, 15) is 22.8 Å². The number of amides is 3. The second kappa shape index (κ2) is 9.45. The molecule has 1 aliphatic rings. The summed E-state index contributed by atoms with van der Waals surface area (Å²) in [5.41, 5.74) is 6.26. The van der Waals surface area contributed by atoms with E-state index in [-0.39, 0.29) is 28.1 Å². The fourth-order valence-corrected chi connectivity index (χ4v) is 4.40. The Hall–Kier alpha value is -3.31. The van der Waals surface area contributed by atoms with Gasteiger partial charge in [-0.15, -0.1) is 0 Å². The molecule has 0 spiro atoms. The van der Waals surface area contributed by atoms with Crippen LogP contribution in [0.3, 0.4) is 0 Å². The van der Waals surface area contributed by atoms with Gasteiger partial charge in [-0.05, 0) is 49.6 Å². The molecule has 3 rings (SSSR count). The lowest BCUT2D eigenvalue weighted by molar-refractivity contribution is -0.146. The average molecular weight is 460 g/mol. The van der Waals surface area contributed by atoms with Gasteiger partial charge in [0.2, 0.25) is 15.9 Å². The molecule has 0 aliphatic carbocycles. The van der Waals surface area contributed by atoms with Gasteiger partial charge in [-0.3, -0.25) is 19.4 Å². The maximum atomic E-state index is 13.0. The number of piperidine rings is 1. The highest BCUT2D eigenvalue weighted by atomic mass is 32.2. The maximum Gasteiger partial charge on any atom is 0.313 e. The maximum absolute atomic E-state index is 13.0. The molecule has 1 aliphatic heterocycles. The Morgan fingerprint density at radius 3 is 2.44 bits per heavy atom. The van der Waals surface area contributed by atoms with Crippen molar-refractivity contribution in [2.45, 2.75) is 30.7 Å². The Labute approximate surface area is 186 Å². The van der Waals surface area contributed by atoms with Crippen molar-refractivity contribution in [2.75, 3.05) is 18.9 Å². The summed E-state index contributed by atoms with van der Waals surface area (Å²) in [4.78, 5) is 42.5.